The van der Waals surface area contributed by atoms with E-state index in [1.165, 1.54) is 63.6 Å². The Bertz CT molecular complexity index is 409. The zero-order chi connectivity index (χ0) is 13.8. The molecule has 2 aliphatic rings. The highest BCUT2D eigenvalue weighted by atomic mass is 15.2. The Morgan fingerprint density at radius 3 is 2.75 bits per heavy atom. The average Bonchev–Trinajstić information content (AvgIpc) is 2.45. The van der Waals surface area contributed by atoms with Crippen LogP contribution in [0.15, 0.2) is 18.3 Å². The molecular weight excluding hydrogens is 246 g/mol. The number of nitrogens with one attached hydrogen (secondary N) is 1. The highest BCUT2D eigenvalue weighted by Gasteiger charge is 2.23. The van der Waals surface area contributed by atoms with Crippen molar-refractivity contribution in [3.8, 4) is 0 Å². The zero-order valence-electron chi connectivity index (χ0n) is 12.6. The van der Waals surface area contributed by atoms with E-state index in [1.54, 1.807) is 0 Å². The number of likely N-dealkylation sites (tertiary alicyclic amines) is 1. The van der Waals surface area contributed by atoms with Crippen LogP contribution in [0.5, 0.6) is 0 Å². The highest BCUT2D eigenvalue weighted by molar-refractivity contribution is 5.37. The zero-order valence-corrected chi connectivity index (χ0v) is 12.6. The number of rotatable bonds is 5. The Balaban J connectivity index is 1.65. The smallest absolute Gasteiger partial charge is 0.126 e. The van der Waals surface area contributed by atoms with Gasteiger partial charge in [-0.1, -0.05) is 19.4 Å². The van der Waals surface area contributed by atoms with E-state index >= 15 is 0 Å². The number of anilines is 1. The maximum absolute atomic E-state index is 4.63. The van der Waals surface area contributed by atoms with Crippen LogP contribution in [-0.4, -0.2) is 29.0 Å². The number of piperidine rings is 1. The van der Waals surface area contributed by atoms with Crippen molar-refractivity contribution >= 4 is 5.82 Å². The van der Waals surface area contributed by atoms with E-state index in [1.807, 2.05) is 0 Å². The number of aromatic nitrogens is 1. The highest BCUT2D eigenvalue weighted by Crippen LogP contribution is 2.31. The Morgan fingerprint density at radius 2 is 2.10 bits per heavy atom. The summed E-state index contributed by atoms with van der Waals surface area (Å²) in [6, 6.07) is 5.72. The molecule has 20 heavy (non-hydrogen) atoms. The van der Waals surface area contributed by atoms with E-state index in [0.29, 0.717) is 12.1 Å². The molecule has 1 N–H and O–H groups in total. The van der Waals surface area contributed by atoms with Gasteiger partial charge in [-0.15, -0.1) is 0 Å². The summed E-state index contributed by atoms with van der Waals surface area (Å²) in [6.07, 6.45) is 11.3. The Morgan fingerprint density at radius 1 is 1.20 bits per heavy atom. The van der Waals surface area contributed by atoms with Crippen molar-refractivity contribution in [1.29, 1.82) is 0 Å². The third kappa shape index (κ3) is 3.14. The summed E-state index contributed by atoms with van der Waals surface area (Å²) < 4.78 is 0. The Kier molecular flexibility index (Phi) is 4.56. The van der Waals surface area contributed by atoms with Crippen molar-refractivity contribution in [2.75, 3.05) is 18.4 Å². The first-order valence-electron chi connectivity index (χ1n) is 8.33. The number of nitrogens with zero attached hydrogens (tertiary/aromatic N) is 2. The first-order chi connectivity index (χ1) is 9.86. The molecule has 1 saturated carbocycles. The van der Waals surface area contributed by atoms with E-state index in [0.717, 1.165) is 5.82 Å². The molecule has 0 radical (unpaired) electrons. The lowest BCUT2D eigenvalue weighted by Crippen LogP contribution is -2.34. The van der Waals surface area contributed by atoms with E-state index in [-0.39, 0.29) is 0 Å². The summed E-state index contributed by atoms with van der Waals surface area (Å²) in [7, 11) is 0. The van der Waals surface area contributed by atoms with Crippen LogP contribution in [0.4, 0.5) is 5.82 Å². The van der Waals surface area contributed by atoms with Gasteiger partial charge >= 0.3 is 0 Å². The van der Waals surface area contributed by atoms with Gasteiger partial charge in [-0.2, -0.15) is 0 Å². The normalized spacial score (nSPS) is 24.4. The van der Waals surface area contributed by atoms with Gasteiger partial charge in [-0.3, -0.25) is 4.90 Å². The summed E-state index contributed by atoms with van der Waals surface area (Å²) in [5.41, 5.74) is 1.40. The molecule has 3 heteroatoms. The van der Waals surface area contributed by atoms with Crippen LogP contribution in [0.2, 0.25) is 0 Å². The quantitative estimate of drug-likeness (QED) is 0.879. The van der Waals surface area contributed by atoms with Crippen LogP contribution in [0.25, 0.3) is 0 Å². The van der Waals surface area contributed by atoms with Gasteiger partial charge < -0.3 is 5.32 Å². The first-order valence-corrected chi connectivity index (χ1v) is 8.33. The predicted molar refractivity (Wildman–Crippen MR) is 84.0 cm³/mol. The fourth-order valence-electron chi connectivity index (χ4n) is 3.37. The van der Waals surface area contributed by atoms with Gasteiger partial charge in [0.1, 0.15) is 5.82 Å². The minimum atomic E-state index is 0.592. The van der Waals surface area contributed by atoms with Gasteiger partial charge in [0.2, 0.25) is 0 Å². The van der Waals surface area contributed by atoms with E-state index in [4.69, 9.17) is 0 Å². The Labute approximate surface area is 122 Å². The predicted octanol–water partition coefficient (Wildman–Crippen LogP) is 3.98. The van der Waals surface area contributed by atoms with Gasteiger partial charge in [0, 0.05) is 18.3 Å². The van der Waals surface area contributed by atoms with Crippen molar-refractivity contribution in [1.82, 2.24) is 9.88 Å². The molecule has 1 aliphatic heterocycles. The van der Waals surface area contributed by atoms with Crippen LogP contribution in [0.3, 0.4) is 0 Å². The van der Waals surface area contributed by atoms with Crippen LogP contribution >= 0.6 is 0 Å². The molecule has 1 aliphatic carbocycles. The maximum Gasteiger partial charge on any atom is 0.126 e. The third-order valence-corrected chi connectivity index (χ3v) is 4.75. The molecule has 0 amide bonds. The molecule has 2 fully saturated rings. The molecule has 3 nitrogen and oxygen atoms in total. The van der Waals surface area contributed by atoms with Crippen molar-refractivity contribution in [2.45, 2.75) is 64.0 Å². The summed E-state index contributed by atoms with van der Waals surface area (Å²) >= 11 is 0. The molecule has 0 aromatic carbocycles. The molecular formula is C17H27N3. The number of pyridine rings is 1. The molecule has 1 saturated heterocycles. The molecule has 2 heterocycles. The minimum Gasteiger partial charge on any atom is -0.367 e. The lowest BCUT2D eigenvalue weighted by atomic mass is 9.93. The molecule has 0 bridgehead atoms. The lowest BCUT2D eigenvalue weighted by Gasteiger charge is -2.35. The third-order valence-electron chi connectivity index (χ3n) is 4.75. The summed E-state index contributed by atoms with van der Waals surface area (Å²) in [5, 5.41) is 3.52. The molecule has 0 spiro atoms. The largest absolute Gasteiger partial charge is 0.367 e. The van der Waals surface area contributed by atoms with Gasteiger partial charge in [-0.25, -0.2) is 4.98 Å². The molecule has 1 unspecified atom stereocenters. The van der Waals surface area contributed by atoms with Crippen molar-refractivity contribution in [3.05, 3.63) is 23.9 Å². The minimum absolute atomic E-state index is 0.592. The molecule has 1 atom stereocenters. The second-order valence-electron chi connectivity index (χ2n) is 6.30. The molecule has 110 valence electrons. The maximum atomic E-state index is 4.63. The van der Waals surface area contributed by atoms with Gasteiger partial charge in [0.25, 0.3) is 0 Å². The van der Waals surface area contributed by atoms with Crippen LogP contribution < -0.4 is 5.32 Å². The number of hydrogen-bond acceptors (Lipinski definition) is 3. The van der Waals surface area contributed by atoms with E-state index in [2.05, 4.69) is 40.5 Å². The summed E-state index contributed by atoms with van der Waals surface area (Å²) in [5.74, 6) is 1.05. The first kappa shape index (κ1) is 13.9. The van der Waals surface area contributed by atoms with Crippen LogP contribution in [0, 0.1) is 0 Å². The van der Waals surface area contributed by atoms with Crippen molar-refractivity contribution < 1.29 is 0 Å². The summed E-state index contributed by atoms with van der Waals surface area (Å²) in [4.78, 5) is 7.27. The van der Waals surface area contributed by atoms with E-state index < -0.39 is 0 Å². The lowest BCUT2D eigenvalue weighted by molar-refractivity contribution is 0.149. The second-order valence-corrected chi connectivity index (χ2v) is 6.30. The number of hydrogen-bond donors (Lipinski definition) is 1. The average molecular weight is 273 g/mol. The van der Waals surface area contributed by atoms with Crippen molar-refractivity contribution in [2.24, 2.45) is 0 Å². The van der Waals surface area contributed by atoms with Crippen molar-refractivity contribution in [3.63, 3.8) is 0 Å². The topological polar surface area (TPSA) is 28.2 Å². The fraction of sp³-hybridized carbons (Fsp3) is 0.706. The monoisotopic (exact) mass is 273 g/mol. The fourth-order valence-corrected chi connectivity index (χ4v) is 3.37. The molecule has 1 aromatic rings. The van der Waals surface area contributed by atoms with Crippen LogP contribution in [-0.2, 0) is 0 Å². The Hall–Kier alpha value is -1.09. The SMILES string of the molecule is CCCN1CCCCC1c1ccc(NC2CCC2)nc1. The second kappa shape index (κ2) is 6.57. The van der Waals surface area contributed by atoms with Crippen LogP contribution in [0.1, 0.15) is 63.5 Å². The van der Waals surface area contributed by atoms with E-state index in [9.17, 15) is 0 Å². The van der Waals surface area contributed by atoms with Gasteiger partial charge in [-0.05, 0) is 63.2 Å². The molecule has 1 aromatic heterocycles. The standard InChI is InChI=1S/C17H27N3/c1-2-11-20-12-4-3-8-16(20)14-9-10-17(18-13-14)19-15-6-5-7-15/h9-10,13,15-16H,2-8,11-12H2,1H3,(H,18,19). The van der Waals surface area contributed by atoms with Gasteiger partial charge in [0.15, 0.2) is 0 Å². The summed E-state index contributed by atoms with van der Waals surface area (Å²) in [6.45, 7) is 4.74. The van der Waals surface area contributed by atoms with Gasteiger partial charge in [0.05, 0.1) is 0 Å². The molecule has 3 rings (SSSR count).